The van der Waals surface area contributed by atoms with Crippen LogP contribution < -0.4 is 0 Å². The van der Waals surface area contributed by atoms with Crippen molar-refractivity contribution in [1.29, 1.82) is 0 Å². The van der Waals surface area contributed by atoms with Crippen LogP contribution in [-0.4, -0.2) is 43.2 Å². The lowest BCUT2D eigenvalue weighted by atomic mass is 9.98. The van der Waals surface area contributed by atoms with Gasteiger partial charge in [0.2, 0.25) is 0 Å². The molecule has 6 aromatic heterocycles. The largest absolute Gasteiger partial charge is 0.309 e. The molecule has 0 unspecified atom stereocenters. The van der Waals surface area contributed by atoms with Crippen molar-refractivity contribution < 1.29 is 0 Å². The van der Waals surface area contributed by atoms with Gasteiger partial charge in [0.1, 0.15) is 0 Å². The molecule has 0 N–H and O–H groups in total. The zero-order chi connectivity index (χ0) is 79.1. The second kappa shape index (κ2) is 28.9. The molecule has 6 heterocycles. The van der Waals surface area contributed by atoms with Crippen molar-refractivity contribution in [3.05, 3.63) is 431 Å². The normalized spacial score (nSPS) is 11.7. The zero-order valence-corrected chi connectivity index (χ0v) is 65.0. The minimum absolute atomic E-state index is 0.620. The predicted molar refractivity (Wildman–Crippen MR) is 498 cm³/mol. The van der Waals surface area contributed by atoms with Crippen LogP contribution in [-0.2, 0) is 0 Å². The summed E-state index contributed by atoms with van der Waals surface area (Å²) in [6.45, 7) is 0. The molecule has 9 nitrogen and oxygen atoms in total. The third-order valence-corrected chi connectivity index (χ3v) is 23.6. The minimum atomic E-state index is 0.620. The summed E-state index contributed by atoms with van der Waals surface area (Å²) in [7, 11) is 0. The Balaban J connectivity index is 0.000000140. The van der Waals surface area contributed by atoms with Crippen molar-refractivity contribution in [3.63, 3.8) is 0 Å². The van der Waals surface area contributed by atoms with Crippen molar-refractivity contribution in [1.82, 2.24) is 43.2 Å². The maximum absolute atomic E-state index is 5.36. The summed E-state index contributed by atoms with van der Waals surface area (Å²) in [5, 5.41) is 14.2. The van der Waals surface area contributed by atoms with E-state index in [0.29, 0.717) is 23.3 Å². The second-order valence-electron chi connectivity index (χ2n) is 30.6. The van der Waals surface area contributed by atoms with Crippen LogP contribution in [0.5, 0.6) is 0 Å². The van der Waals surface area contributed by atoms with Gasteiger partial charge in [0.05, 0.1) is 55.5 Å². The smallest absolute Gasteiger partial charge is 0.164 e. The molecule has 0 radical (unpaired) electrons. The third-order valence-electron chi connectivity index (χ3n) is 23.6. The van der Waals surface area contributed by atoms with Crippen LogP contribution >= 0.6 is 0 Å². The van der Waals surface area contributed by atoms with Crippen molar-refractivity contribution >= 4 is 109 Å². The zero-order valence-electron chi connectivity index (χ0n) is 65.0. The summed E-state index contributed by atoms with van der Waals surface area (Å²) in [5.74, 6) is 2.56. The number of para-hydroxylation sites is 6. The Hall–Kier alpha value is -16.2. The van der Waals surface area contributed by atoms with E-state index in [9.17, 15) is 0 Å². The Morgan fingerprint density at radius 1 is 0.158 bits per heavy atom. The number of rotatable bonds is 12. The molecule has 24 aromatic rings. The number of hydrogen-bond acceptors (Lipinski definition) is 5. The highest BCUT2D eigenvalue weighted by Crippen LogP contribution is 2.47. The fourth-order valence-corrected chi connectivity index (χ4v) is 18.3. The van der Waals surface area contributed by atoms with E-state index in [-0.39, 0.29) is 0 Å². The number of nitrogens with zero attached hydrogens (tertiary/aromatic N) is 9. The first-order valence-electron chi connectivity index (χ1n) is 40.7. The van der Waals surface area contributed by atoms with Crippen LogP contribution in [0, 0.1) is 0 Å². The Morgan fingerprint density at radius 3 is 0.975 bits per heavy atom. The summed E-state index contributed by atoms with van der Waals surface area (Å²) >= 11 is 0. The standard InChI is InChI=1S/C56H36N4.C55H35N5/c1-4-17-37(18-5-1)39-22-16-23-41(33-39)49-36-50(58-56(57-49)38-19-6-2-7-20-38)48-35-43(34-40-21-10-11-26-44(40)48)59-52-30-15-13-28-47(52)54-53(59)32-31-46-45-27-12-14-29-51(45)60(55(46)54)42-24-8-3-9-25-42;1-4-17-36(18-5-1)38-22-16-23-40(33-38)54-56-53(37-19-6-2-7-20-37)57-55(58-54)47-35-42(34-39-21-10-11-26-43(39)47)59-49-30-15-13-28-46(49)51-50(59)32-31-45-44-27-12-14-29-48(44)60(52(45)51)41-24-8-3-9-25-41/h1-36H;1-35H. The molecular formula is C111H71N9. The first kappa shape index (κ1) is 69.3. The second-order valence-corrected chi connectivity index (χ2v) is 30.6. The maximum atomic E-state index is 5.36. The highest BCUT2D eigenvalue weighted by atomic mass is 15.1. The topological polar surface area (TPSA) is 84.2 Å². The summed E-state index contributed by atoms with van der Waals surface area (Å²) in [4.78, 5) is 26.3. The van der Waals surface area contributed by atoms with E-state index in [2.05, 4.69) is 407 Å². The highest BCUT2D eigenvalue weighted by Gasteiger charge is 2.26. The molecule has 0 aliphatic heterocycles. The van der Waals surface area contributed by atoms with Crippen molar-refractivity contribution in [3.8, 4) is 113 Å². The van der Waals surface area contributed by atoms with Gasteiger partial charge in [-0.1, -0.05) is 328 Å². The SMILES string of the molecule is c1ccc(-c2cccc(-c3cc(-c4cc(-n5c6ccccc6c6c5ccc5c7ccccc7n(-c7ccccc7)c56)cc5ccccc45)nc(-c4ccccc4)n3)c2)cc1.c1ccc(-c2cccc(-c3nc(-c4ccccc4)nc(-c4cc(-n5c6ccccc6c6c5ccc5c7ccccc7n(-c7ccccc7)c56)cc5ccccc45)n3)c2)cc1. The lowest BCUT2D eigenvalue weighted by Gasteiger charge is -2.15. The minimum Gasteiger partial charge on any atom is -0.309 e. The third kappa shape index (κ3) is 11.8. The molecular weight excluding hydrogens is 1460 g/mol. The molecule has 0 bridgehead atoms. The molecule has 0 fully saturated rings. The lowest BCUT2D eigenvalue weighted by Crippen LogP contribution is -2.02. The first-order valence-corrected chi connectivity index (χ1v) is 40.7. The van der Waals surface area contributed by atoms with Crippen LogP contribution in [0.2, 0.25) is 0 Å². The van der Waals surface area contributed by atoms with Crippen LogP contribution in [0.1, 0.15) is 0 Å². The van der Waals surface area contributed by atoms with Crippen LogP contribution in [0.4, 0.5) is 0 Å². The molecule has 0 saturated heterocycles. The maximum Gasteiger partial charge on any atom is 0.164 e. The van der Waals surface area contributed by atoms with Gasteiger partial charge in [0.25, 0.3) is 0 Å². The average Bonchev–Trinajstić information content (AvgIpc) is 1.55. The fourth-order valence-electron chi connectivity index (χ4n) is 18.3. The van der Waals surface area contributed by atoms with Gasteiger partial charge in [-0.3, -0.25) is 0 Å². The molecule has 0 spiro atoms. The van der Waals surface area contributed by atoms with Gasteiger partial charge < -0.3 is 18.3 Å². The van der Waals surface area contributed by atoms with Gasteiger partial charge in [0.15, 0.2) is 23.3 Å². The predicted octanol–water partition coefficient (Wildman–Crippen LogP) is 28.4. The number of benzene rings is 18. The van der Waals surface area contributed by atoms with Gasteiger partial charge in [-0.15, -0.1) is 0 Å². The number of aromatic nitrogens is 9. The number of hydrogen-bond donors (Lipinski definition) is 0. The van der Waals surface area contributed by atoms with E-state index < -0.39 is 0 Å². The molecule has 0 aliphatic carbocycles. The molecule has 0 atom stereocenters. The first-order chi connectivity index (χ1) is 59.5. The van der Waals surface area contributed by atoms with Crippen LogP contribution in [0.15, 0.2) is 431 Å². The van der Waals surface area contributed by atoms with Gasteiger partial charge in [-0.05, 0) is 147 Å². The van der Waals surface area contributed by atoms with E-state index in [1.54, 1.807) is 0 Å². The van der Waals surface area contributed by atoms with Crippen molar-refractivity contribution in [2.45, 2.75) is 0 Å². The molecule has 24 rings (SSSR count). The molecule has 0 saturated carbocycles. The lowest BCUT2D eigenvalue weighted by molar-refractivity contribution is 1.07. The summed E-state index contributed by atoms with van der Waals surface area (Å²) in [5.41, 5.74) is 25.9. The summed E-state index contributed by atoms with van der Waals surface area (Å²) in [6, 6.07) is 153. The Morgan fingerprint density at radius 2 is 0.492 bits per heavy atom. The van der Waals surface area contributed by atoms with Gasteiger partial charge in [-0.25, -0.2) is 24.9 Å². The molecule has 560 valence electrons. The van der Waals surface area contributed by atoms with E-state index in [1.807, 2.05) is 42.5 Å². The number of fused-ring (bicyclic) bond motifs is 16. The molecule has 0 amide bonds. The molecule has 18 aromatic carbocycles. The summed E-state index contributed by atoms with van der Waals surface area (Å²) in [6.07, 6.45) is 0. The quantitative estimate of drug-likeness (QED) is 0.122. The Bertz CT molecular complexity index is 7650. The van der Waals surface area contributed by atoms with E-state index in [0.717, 1.165) is 128 Å². The Labute approximate surface area is 691 Å². The molecule has 0 aliphatic rings. The monoisotopic (exact) mass is 1530 g/mol. The van der Waals surface area contributed by atoms with E-state index >= 15 is 0 Å². The van der Waals surface area contributed by atoms with E-state index in [4.69, 9.17) is 24.9 Å². The molecule has 9 heteroatoms. The Kier molecular flexibility index (Phi) is 16.7. The van der Waals surface area contributed by atoms with Gasteiger partial charge in [-0.2, -0.15) is 0 Å². The van der Waals surface area contributed by atoms with Gasteiger partial charge in [0, 0.05) is 99.2 Å². The van der Waals surface area contributed by atoms with Gasteiger partial charge >= 0.3 is 0 Å². The highest BCUT2D eigenvalue weighted by molar-refractivity contribution is 6.28. The fraction of sp³-hybridized carbons (Fsp3) is 0. The average molecular weight is 1530 g/mol. The summed E-state index contributed by atoms with van der Waals surface area (Å²) < 4.78 is 9.73. The van der Waals surface area contributed by atoms with Crippen molar-refractivity contribution in [2.75, 3.05) is 0 Å². The molecule has 120 heavy (non-hydrogen) atoms. The van der Waals surface area contributed by atoms with Crippen LogP contribution in [0.25, 0.3) is 222 Å². The van der Waals surface area contributed by atoms with Crippen molar-refractivity contribution in [2.24, 2.45) is 0 Å². The van der Waals surface area contributed by atoms with Crippen LogP contribution in [0.3, 0.4) is 0 Å². The van der Waals surface area contributed by atoms with E-state index in [1.165, 1.54) is 70.7 Å².